The molecular formula is C6H5N3O2. The number of ether oxygens (including phenoxy) is 1. The van der Waals surface area contributed by atoms with Gasteiger partial charge in [0.1, 0.15) is 12.9 Å². The van der Waals surface area contributed by atoms with Gasteiger partial charge in [0.2, 0.25) is 0 Å². The van der Waals surface area contributed by atoms with Gasteiger partial charge in [0.25, 0.3) is 0 Å². The van der Waals surface area contributed by atoms with E-state index in [2.05, 4.69) is 10.2 Å². The summed E-state index contributed by atoms with van der Waals surface area (Å²) >= 11 is 0. The number of aromatic nitrogens is 3. The molecule has 5 nitrogen and oxygen atoms in total. The van der Waals surface area contributed by atoms with Gasteiger partial charge in [-0.3, -0.25) is 0 Å². The second kappa shape index (κ2) is 2.19. The fourth-order valence-corrected chi connectivity index (χ4v) is 0.894. The smallest absolute Gasteiger partial charge is 0.318 e. The minimum absolute atomic E-state index is 0.418. The van der Waals surface area contributed by atoms with Crippen LogP contribution in [-0.4, -0.2) is 16.8 Å². The average Bonchev–Trinajstić information content (AvgIpc) is 2.06. The van der Waals surface area contributed by atoms with Gasteiger partial charge >= 0.3 is 6.33 Å². The molecule has 0 amide bonds. The number of rotatable bonds is 0. The fourth-order valence-electron chi connectivity index (χ4n) is 0.894. The molecule has 0 atom stereocenters. The summed E-state index contributed by atoms with van der Waals surface area (Å²) in [7, 11) is 0. The topological polar surface area (TPSA) is 62.0 Å². The van der Waals surface area contributed by atoms with Gasteiger partial charge in [-0.05, 0) is 5.10 Å². The van der Waals surface area contributed by atoms with Gasteiger partial charge in [-0.2, -0.15) is 0 Å². The van der Waals surface area contributed by atoms with E-state index in [9.17, 15) is 5.21 Å². The van der Waals surface area contributed by atoms with Crippen LogP contribution in [0.2, 0.25) is 0 Å². The fraction of sp³-hybridized carbons (Fsp3) is 0.167. The second-order valence-corrected chi connectivity index (χ2v) is 2.08. The zero-order valence-corrected chi connectivity index (χ0v) is 5.60. The molecule has 0 aromatic carbocycles. The lowest BCUT2D eigenvalue weighted by atomic mass is 10.4. The lowest BCUT2D eigenvalue weighted by Crippen LogP contribution is -2.56. The first-order valence-electron chi connectivity index (χ1n) is 3.11. The molecule has 1 aromatic heterocycles. The van der Waals surface area contributed by atoms with E-state index in [-0.39, 0.29) is 0 Å². The minimum atomic E-state index is 0.418. The quantitative estimate of drug-likeness (QED) is 0.308. The first-order valence-corrected chi connectivity index (χ1v) is 3.11. The zero-order valence-electron chi connectivity index (χ0n) is 5.60. The predicted molar refractivity (Wildman–Crippen MR) is 35.1 cm³/mol. The molecular weight excluding hydrogens is 146 g/mol. The van der Waals surface area contributed by atoms with Crippen LogP contribution < -0.4 is 15.4 Å². The standard InChI is InChI=1S/C6H5N3O2/c10-9-4-7-8-5-3-11-2-1-6(5)9/h1,3-4H,2H2. The van der Waals surface area contributed by atoms with E-state index in [0.29, 0.717) is 22.0 Å². The molecule has 0 aliphatic carbocycles. The molecule has 0 spiro atoms. The van der Waals surface area contributed by atoms with Crippen molar-refractivity contribution < 1.29 is 9.47 Å². The highest BCUT2D eigenvalue weighted by Gasteiger charge is 2.00. The molecule has 5 heteroatoms. The highest BCUT2D eigenvalue weighted by molar-refractivity contribution is 5.25. The number of hydrogen-bond donors (Lipinski definition) is 0. The van der Waals surface area contributed by atoms with Crippen molar-refractivity contribution in [3.63, 3.8) is 0 Å². The van der Waals surface area contributed by atoms with Crippen molar-refractivity contribution >= 4 is 12.3 Å². The van der Waals surface area contributed by atoms with Crippen molar-refractivity contribution in [3.05, 3.63) is 22.2 Å². The number of hydrogen-bond acceptors (Lipinski definition) is 4. The van der Waals surface area contributed by atoms with Gasteiger partial charge in [0, 0.05) is 6.08 Å². The van der Waals surface area contributed by atoms with E-state index in [4.69, 9.17) is 4.74 Å². The third kappa shape index (κ3) is 0.899. The van der Waals surface area contributed by atoms with Gasteiger partial charge in [0.15, 0.2) is 10.7 Å². The first kappa shape index (κ1) is 6.09. The monoisotopic (exact) mass is 151 g/mol. The Morgan fingerprint density at radius 1 is 1.64 bits per heavy atom. The molecule has 11 heavy (non-hydrogen) atoms. The third-order valence-corrected chi connectivity index (χ3v) is 1.39. The largest absolute Gasteiger partial charge is 0.710 e. The summed E-state index contributed by atoms with van der Waals surface area (Å²) in [6.07, 6.45) is 4.21. The molecule has 0 unspecified atom stereocenters. The lowest BCUT2D eigenvalue weighted by Gasteiger charge is -2.03. The first-order chi connectivity index (χ1) is 5.38. The van der Waals surface area contributed by atoms with E-state index in [1.165, 1.54) is 6.26 Å². The third-order valence-electron chi connectivity index (χ3n) is 1.39. The van der Waals surface area contributed by atoms with Crippen molar-refractivity contribution in [2.24, 2.45) is 0 Å². The van der Waals surface area contributed by atoms with Crippen LogP contribution in [0.25, 0.3) is 12.3 Å². The molecule has 1 aromatic rings. The van der Waals surface area contributed by atoms with E-state index in [1.807, 2.05) is 0 Å². The molecule has 0 fully saturated rings. The number of nitrogens with zero attached hydrogens (tertiary/aromatic N) is 3. The molecule has 2 heterocycles. The highest BCUT2D eigenvalue weighted by Crippen LogP contribution is 1.76. The zero-order chi connectivity index (χ0) is 7.68. The van der Waals surface area contributed by atoms with Crippen LogP contribution in [-0.2, 0) is 4.74 Å². The maximum Gasteiger partial charge on any atom is 0.318 e. The van der Waals surface area contributed by atoms with Crippen molar-refractivity contribution in [1.82, 2.24) is 10.2 Å². The summed E-state index contributed by atoms with van der Waals surface area (Å²) < 4.78 is 5.58. The maximum atomic E-state index is 11.0. The van der Waals surface area contributed by atoms with Gasteiger partial charge in [-0.1, -0.05) is 0 Å². The summed E-state index contributed by atoms with van der Waals surface area (Å²) in [5.74, 6) is 0. The Labute approximate surface area is 61.8 Å². The molecule has 1 aliphatic rings. The summed E-state index contributed by atoms with van der Waals surface area (Å²) in [6, 6.07) is 0. The second-order valence-electron chi connectivity index (χ2n) is 2.08. The molecule has 2 rings (SSSR count). The van der Waals surface area contributed by atoms with Gasteiger partial charge in [-0.25, -0.2) is 4.73 Å². The van der Waals surface area contributed by atoms with Crippen LogP contribution in [0.4, 0.5) is 0 Å². The Bertz CT molecular complexity index is 387. The van der Waals surface area contributed by atoms with Crippen molar-refractivity contribution in [2.45, 2.75) is 0 Å². The van der Waals surface area contributed by atoms with Crippen molar-refractivity contribution in [1.29, 1.82) is 0 Å². The summed E-state index contributed by atoms with van der Waals surface area (Å²) in [6.45, 7) is 0.418. The SMILES string of the molecule is [O-][n+]1cnnc2c1=CCOC=2. The van der Waals surface area contributed by atoms with Crippen LogP contribution in [0, 0.1) is 5.21 Å². The summed E-state index contributed by atoms with van der Waals surface area (Å²) in [5, 5.41) is 19.1. The molecule has 1 aliphatic heterocycles. The lowest BCUT2D eigenvalue weighted by molar-refractivity contribution is -0.625. The van der Waals surface area contributed by atoms with Crippen molar-refractivity contribution in [2.75, 3.05) is 6.61 Å². The number of fused-ring (bicyclic) bond motifs is 1. The van der Waals surface area contributed by atoms with Gasteiger partial charge < -0.3 is 9.94 Å². The molecule has 0 saturated heterocycles. The Balaban J connectivity index is 2.88. The Morgan fingerprint density at radius 2 is 2.55 bits per heavy atom. The summed E-state index contributed by atoms with van der Waals surface area (Å²) in [4.78, 5) is 0. The van der Waals surface area contributed by atoms with Gasteiger partial charge in [-0.15, -0.1) is 0 Å². The Hall–Kier alpha value is -1.65. The molecule has 0 radical (unpaired) electrons. The van der Waals surface area contributed by atoms with Crippen LogP contribution >= 0.6 is 0 Å². The van der Waals surface area contributed by atoms with E-state index < -0.39 is 0 Å². The Morgan fingerprint density at radius 3 is 3.36 bits per heavy atom. The van der Waals surface area contributed by atoms with Gasteiger partial charge in [0.05, 0.1) is 5.10 Å². The normalized spacial score (nSPS) is 13.8. The highest BCUT2D eigenvalue weighted by atomic mass is 16.5. The summed E-state index contributed by atoms with van der Waals surface area (Å²) in [5.41, 5.74) is 0. The minimum Gasteiger partial charge on any atom is -0.710 e. The van der Waals surface area contributed by atoms with E-state index in [0.717, 1.165) is 6.33 Å². The van der Waals surface area contributed by atoms with Crippen LogP contribution in [0.15, 0.2) is 6.33 Å². The van der Waals surface area contributed by atoms with E-state index in [1.54, 1.807) is 6.08 Å². The maximum absolute atomic E-state index is 11.0. The van der Waals surface area contributed by atoms with Crippen molar-refractivity contribution in [3.8, 4) is 0 Å². The van der Waals surface area contributed by atoms with Crippen LogP contribution in [0.1, 0.15) is 0 Å². The molecule has 0 bridgehead atoms. The van der Waals surface area contributed by atoms with E-state index >= 15 is 0 Å². The van der Waals surface area contributed by atoms with Crippen LogP contribution in [0.5, 0.6) is 0 Å². The Kier molecular flexibility index (Phi) is 1.21. The predicted octanol–water partition coefficient (Wildman–Crippen LogP) is -2.34. The molecule has 56 valence electrons. The van der Waals surface area contributed by atoms with Crippen LogP contribution in [0.3, 0.4) is 0 Å². The molecule has 0 saturated carbocycles. The molecule has 0 N–H and O–H groups in total. The average molecular weight is 151 g/mol.